The Hall–Kier alpha value is -10.9. The normalized spacial score (nSPS) is 17.6. The molecular weight excluding hydrogens is 1600 g/mol. The number of amides is 2. The second-order valence-electron chi connectivity index (χ2n) is 28.9. The fourth-order valence-corrected chi connectivity index (χ4v) is 17.4. The van der Waals surface area contributed by atoms with Crippen molar-refractivity contribution in [3.63, 3.8) is 0 Å². The van der Waals surface area contributed by atoms with E-state index in [1.807, 2.05) is 0 Å². The number of sulfonamides is 2. The van der Waals surface area contributed by atoms with Gasteiger partial charge in [0, 0.05) is 62.0 Å². The first-order chi connectivity index (χ1) is 53.5. The molecule has 596 valence electrons. The highest BCUT2D eigenvalue weighted by Crippen LogP contribution is 2.69. The summed E-state index contributed by atoms with van der Waals surface area (Å²) in [4.78, 5) is 67.5. The lowest BCUT2D eigenvalue weighted by molar-refractivity contribution is -0.123. The average Bonchev–Trinajstić information content (AvgIpc) is 1.52. The van der Waals surface area contributed by atoms with Gasteiger partial charge in [0.1, 0.15) is 70.8 Å². The number of rotatable bonds is 20. The van der Waals surface area contributed by atoms with Crippen LogP contribution in [-0.2, 0) is 81.5 Å². The van der Waals surface area contributed by atoms with Crippen molar-refractivity contribution in [3.05, 3.63) is 218 Å². The van der Waals surface area contributed by atoms with Crippen molar-refractivity contribution in [2.45, 2.75) is 115 Å². The highest BCUT2D eigenvalue weighted by molar-refractivity contribution is 7.92. The molecular formula is C74H62Cl2F12N16O8S2. The molecule has 2 fully saturated rings. The predicted molar refractivity (Wildman–Crippen MR) is 395 cm³/mol. The van der Waals surface area contributed by atoms with Crippen molar-refractivity contribution in [3.8, 4) is 11.4 Å². The minimum atomic E-state index is -3.88. The van der Waals surface area contributed by atoms with Crippen LogP contribution in [0.1, 0.15) is 129 Å². The number of halogens is 14. The topological polar surface area (TPSA) is 292 Å². The van der Waals surface area contributed by atoms with Gasteiger partial charge in [0.2, 0.25) is 31.9 Å². The molecule has 0 radical (unpaired) electrons. The molecule has 12 aromatic rings. The van der Waals surface area contributed by atoms with Gasteiger partial charge in [-0.05, 0) is 134 Å². The van der Waals surface area contributed by atoms with E-state index < -0.39 is 175 Å². The average molecular weight is 1670 g/mol. The zero-order valence-corrected chi connectivity index (χ0v) is 63.8. The van der Waals surface area contributed by atoms with Crippen LogP contribution in [0.5, 0.6) is 0 Å². The van der Waals surface area contributed by atoms with Crippen LogP contribution in [0.15, 0.2) is 94.5 Å². The molecule has 2 saturated carbocycles. The van der Waals surface area contributed by atoms with E-state index >= 15 is 17.6 Å². The first-order valence-corrected chi connectivity index (χ1v) is 39.4. The van der Waals surface area contributed by atoms with Crippen molar-refractivity contribution < 1.29 is 79.1 Å². The first kappa shape index (κ1) is 78.4. The summed E-state index contributed by atoms with van der Waals surface area (Å²) >= 11 is 13.2. The van der Waals surface area contributed by atoms with Crippen LogP contribution in [-0.4, -0.2) is 99.4 Å². The van der Waals surface area contributed by atoms with Gasteiger partial charge >= 0.3 is 0 Å². The van der Waals surface area contributed by atoms with Crippen LogP contribution in [0.3, 0.4) is 0 Å². The summed E-state index contributed by atoms with van der Waals surface area (Å²) in [6, 6.07) is 14.8. The Balaban J connectivity index is 0.000000180. The second kappa shape index (κ2) is 28.0. The maximum Gasteiger partial charge on any atom is 0.293 e. The smallest absolute Gasteiger partial charge is 0.293 e. The number of fused-ring (bicyclic) bond motifs is 10. The number of anilines is 2. The van der Waals surface area contributed by atoms with Gasteiger partial charge in [-0.15, -0.1) is 0 Å². The van der Waals surface area contributed by atoms with Gasteiger partial charge in [0.25, 0.3) is 35.8 Å². The maximum atomic E-state index is 15.4. The lowest BCUT2D eigenvalue weighted by Gasteiger charge is -2.24. The maximum absolute atomic E-state index is 15.4. The molecule has 0 aliphatic heterocycles. The largest absolute Gasteiger partial charge is 0.344 e. The molecule has 4 aliphatic rings. The van der Waals surface area contributed by atoms with Crippen molar-refractivity contribution in [2.75, 3.05) is 22.0 Å². The summed E-state index contributed by atoms with van der Waals surface area (Å²) in [6.07, 6.45) is -5.39. The molecule has 6 heterocycles. The molecule has 6 aromatic carbocycles. The number of benzene rings is 6. The van der Waals surface area contributed by atoms with E-state index in [4.69, 9.17) is 33.2 Å². The zero-order chi connectivity index (χ0) is 82.1. The fraction of sp³-hybridized carbons (Fsp3) is 0.324. The Morgan fingerprint density at radius 3 is 1.19 bits per heavy atom. The lowest BCUT2D eigenvalue weighted by Crippen LogP contribution is -2.38. The van der Waals surface area contributed by atoms with Crippen LogP contribution in [0.2, 0.25) is 10.0 Å². The summed E-state index contributed by atoms with van der Waals surface area (Å²) in [7, 11) is -4.83. The van der Waals surface area contributed by atoms with Gasteiger partial charge in [-0.3, -0.25) is 56.5 Å². The van der Waals surface area contributed by atoms with E-state index in [1.54, 1.807) is 52.0 Å². The van der Waals surface area contributed by atoms with E-state index in [0.29, 0.717) is 43.8 Å². The summed E-state index contributed by atoms with van der Waals surface area (Å²) in [5.41, 5.74) is -2.24. The molecule has 4 N–H and O–H groups in total. The van der Waals surface area contributed by atoms with Gasteiger partial charge < -0.3 is 10.6 Å². The number of hydrogen-bond acceptors (Lipinski definition) is 14. The van der Waals surface area contributed by atoms with Crippen LogP contribution in [0.25, 0.3) is 55.0 Å². The van der Waals surface area contributed by atoms with Crippen molar-refractivity contribution >= 4 is 110 Å². The second-order valence-corrected chi connectivity index (χ2v) is 33.2. The Morgan fingerprint density at radius 1 is 0.518 bits per heavy atom. The number of aromatic nitrogens is 12. The molecule has 0 spiro atoms. The molecule has 0 bridgehead atoms. The molecule has 40 heteroatoms. The zero-order valence-electron chi connectivity index (χ0n) is 60.7. The van der Waals surface area contributed by atoms with Crippen molar-refractivity contribution in [2.24, 2.45) is 25.9 Å². The third-order valence-corrected chi connectivity index (χ3v) is 22.5. The number of hydrogen-bond donors (Lipinski definition) is 4. The molecule has 0 saturated heterocycles. The van der Waals surface area contributed by atoms with Gasteiger partial charge in [-0.25, -0.2) is 61.9 Å². The Bertz CT molecular complexity index is 6100. The van der Waals surface area contributed by atoms with E-state index in [9.17, 15) is 71.1 Å². The van der Waals surface area contributed by atoms with Crippen LogP contribution in [0, 0.1) is 62.8 Å². The summed E-state index contributed by atoms with van der Waals surface area (Å²) < 4.78 is 236. The van der Waals surface area contributed by atoms with Crippen LogP contribution < -0.4 is 31.2 Å². The van der Waals surface area contributed by atoms with E-state index in [1.165, 1.54) is 47.7 Å². The Kier molecular flexibility index (Phi) is 19.3. The third-order valence-electron chi connectivity index (χ3n) is 20.7. The number of nitrogens with one attached hydrogen (secondary N) is 4. The van der Waals surface area contributed by atoms with Crippen molar-refractivity contribution in [1.82, 2.24) is 68.9 Å². The molecule has 4 aliphatic carbocycles. The van der Waals surface area contributed by atoms with Crippen LogP contribution in [0.4, 0.5) is 64.3 Å². The van der Waals surface area contributed by atoms with Crippen LogP contribution >= 0.6 is 23.2 Å². The van der Waals surface area contributed by atoms with E-state index in [-0.39, 0.29) is 123 Å². The van der Waals surface area contributed by atoms with E-state index in [2.05, 4.69) is 40.5 Å². The summed E-state index contributed by atoms with van der Waals surface area (Å²) in [5.74, 6) is -17.7. The standard InChI is InChI=1S/2C37H31ClF6N8O4S/c2*1-15-5-6-16(2)29-26(15)36(54)52(24-8-7-22(38)28-31(24)50(3)48-34(28)49-57(4,55)56)35(46-29)23(11-17-9-18(39)12-19(40)10-17)45-25(53)14-51-32-27(30(47-51)33(41)42)20-13-21(20)37(32,43)44/h2*5-10,12,20-21,23,33H,11,13-14H2,1-4H3,(H,45,53)(H,48,49)/t20-,21+,23?;20-,21+,23-/m00/s1. The van der Waals surface area contributed by atoms with E-state index in [0.717, 1.165) is 45.9 Å². The number of carbonyl (C=O) groups is 2. The molecule has 24 nitrogen and oxygen atoms in total. The van der Waals surface area contributed by atoms with Gasteiger partial charge in [-0.2, -0.15) is 38.0 Å². The SMILES string of the molecule is Cc1ccc(C)c2c(=O)n(-c3ccc(Cl)c4c(NS(C)(=O)=O)nn(C)c34)c(C(Cc3cc(F)cc(F)c3)NC(=O)Cn3nc(C(F)F)c4c3C(F)(F)[C@@H]3C[C@H]43)nc12.Cc1ccc(C)c2c(=O)n(-c3ccc(Cl)c4c(NS(C)(=O)=O)nn(C)c34)c([C@H](Cc3cc(F)cc(F)c3)NC(=O)Cn3nc(C(F)F)c4c3C(F)(F)[C@@H]3C[C@H]43)nc12. The van der Waals surface area contributed by atoms with Gasteiger partial charge in [0.15, 0.2) is 11.6 Å². The first-order valence-electron chi connectivity index (χ1n) is 34.8. The quantitative estimate of drug-likeness (QED) is 0.0516. The third kappa shape index (κ3) is 13.8. The summed E-state index contributed by atoms with van der Waals surface area (Å²) in [5, 5.41) is 22.0. The molecule has 2 amide bonds. The highest BCUT2D eigenvalue weighted by Gasteiger charge is 2.68. The number of nitrogens with zero attached hydrogens (tertiary/aromatic N) is 12. The number of alkyl halides is 8. The lowest BCUT2D eigenvalue weighted by atomic mass is 10.0. The minimum Gasteiger partial charge on any atom is -0.344 e. The highest BCUT2D eigenvalue weighted by atomic mass is 35.5. The molecule has 16 rings (SSSR count). The molecule has 114 heavy (non-hydrogen) atoms. The Labute approximate surface area is 647 Å². The predicted octanol–water partition coefficient (Wildman–Crippen LogP) is 13.3. The minimum absolute atomic E-state index is 0.00678. The van der Waals surface area contributed by atoms with Gasteiger partial charge in [0.05, 0.1) is 89.6 Å². The van der Waals surface area contributed by atoms with Gasteiger partial charge in [-0.1, -0.05) is 47.5 Å². The molecule has 1 unspecified atom stereocenters. The van der Waals surface area contributed by atoms with Crippen molar-refractivity contribution in [1.29, 1.82) is 0 Å². The molecule has 6 atom stereocenters. The number of aryl methyl sites for hydroxylation is 6. The summed E-state index contributed by atoms with van der Waals surface area (Å²) in [6.45, 7) is 4.81. The number of carbonyl (C=O) groups excluding carboxylic acids is 2. The fourth-order valence-electron chi connectivity index (χ4n) is 15.9. The Morgan fingerprint density at radius 2 is 0.860 bits per heavy atom. The monoisotopic (exact) mass is 1660 g/mol. The molecule has 6 aromatic heterocycles.